The molecule has 2 aromatic rings. The molecule has 1 atom stereocenters. The molecule has 128 valence electrons. The summed E-state index contributed by atoms with van der Waals surface area (Å²) in [5.74, 6) is -0.234. The lowest BCUT2D eigenvalue weighted by Gasteiger charge is -2.11. The van der Waals surface area contributed by atoms with Gasteiger partial charge in [0.15, 0.2) is 0 Å². The number of carboxylic acid groups (broad SMARTS) is 1. The topological polar surface area (TPSA) is 75.6 Å². The van der Waals surface area contributed by atoms with Crippen molar-refractivity contribution < 1.29 is 19.4 Å². The number of ether oxygens (including phenoxy) is 1. The highest BCUT2D eigenvalue weighted by Gasteiger charge is 2.16. The summed E-state index contributed by atoms with van der Waals surface area (Å²) in [6, 6.07) is 9.40. The lowest BCUT2D eigenvalue weighted by Crippen LogP contribution is -2.32. The Kier molecular flexibility index (Phi) is 5.98. The van der Waals surface area contributed by atoms with Crippen LogP contribution in [0.4, 0.5) is 0 Å². The van der Waals surface area contributed by atoms with Crippen molar-refractivity contribution in [2.45, 2.75) is 32.7 Å². The van der Waals surface area contributed by atoms with Gasteiger partial charge in [-0.1, -0.05) is 12.1 Å². The van der Waals surface area contributed by atoms with E-state index in [1.165, 1.54) is 11.3 Å². The Labute approximate surface area is 145 Å². The van der Waals surface area contributed by atoms with Gasteiger partial charge in [-0.05, 0) is 49.6 Å². The molecule has 0 radical (unpaired) electrons. The third-order valence-electron chi connectivity index (χ3n) is 3.71. The van der Waals surface area contributed by atoms with Gasteiger partial charge in [-0.3, -0.25) is 9.59 Å². The quantitative estimate of drug-likeness (QED) is 0.800. The third kappa shape index (κ3) is 4.58. The molecule has 2 rings (SSSR count). The molecular weight excluding hydrogens is 326 g/mol. The normalized spacial score (nSPS) is 11.8. The molecule has 1 aromatic heterocycles. The Balaban J connectivity index is 2.09. The Hall–Kier alpha value is -2.34. The van der Waals surface area contributed by atoms with Crippen LogP contribution >= 0.6 is 11.3 Å². The van der Waals surface area contributed by atoms with E-state index >= 15 is 0 Å². The number of aryl methyl sites for hydroxylation is 1. The second kappa shape index (κ2) is 7.97. The molecule has 0 fully saturated rings. The van der Waals surface area contributed by atoms with E-state index in [0.29, 0.717) is 11.3 Å². The molecule has 0 aliphatic carbocycles. The minimum absolute atomic E-state index is 0.0437. The first kappa shape index (κ1) is 18.0. The number of carboxylic acids is 1. The molecule has 0 aliphatic heterocycles. The molecule has 0 aliphatic rings. The maximum absolute atomic E-state index is 12.3. The fourth-order valence-corrected chi connectivity index (χ4v) is 3.30. The fourth-order valence-electron chi connectivity index (χ4n) is 2.36. The van der Waals surface area contributed by atoms with Gasteiger partial charge >= 0.3 is 5.97 Å². The highest BCUT2D eigenvalue weighted by Crippen LogP contribution is 2.32. The summed E-state index contributed by atoms with van der Waals surface area (Å²) < 4.78 is 5.16. The fraction of sp³-hybridized carbons (Fsp3) is 0.333. The SMILES string of the molecule is COc1ccc(-c2cc(C(=O)NC(C)CCC(=O)O)sc2C)cc1. The number of benzene rings is 1. The number of hydrogen-bond donors (Lipinski definition) is 2. The van der Waals surface area contributed by atoms with Crippen molar-refractivity contribution in [1.29, 1.82) is 0 Å². The predicted octanol–water partition coefficient (Wildman–Crippen LogP) is 3.72. The van der Waals surface area contributed by atoms with Gasteiger partial charge in [0.1, 0.15) is 5.75 Å². The lowest BCUT2D eigenvalue weighted by atomic mass is 10.1. The molecule has 5 nitrogen and oxygen atoms in total. The van der Waals surface area contributed by atoms with Crippen molar-refractivity contribution in [2.75, 3.05) is 7.11 Å². The third-order valence-corrected chi connectivity index (χ3v) is 4.76. The summed E-state index contributed by atoms with van der Waals surface area (Å²) in [7, 11) is 1.62. The number of thiophene rings is 1. The van der Waals surface area contributed by atoms with Gasteiger partial charge in [-0.2, -0.15) is 0 Å². The Morgan fingerprint density at radius 2 is 1.96 bits per heavy atom. The zero-order valence-corrected chi connectivity index (χ0v) is 14.8. The van der Waals surface area contributed by atoms with Gasteiger partial charge < -0.3 is 15.2 Å². The number of carbonyl (C=O) groups excluding carboxylic acids is 1. The second-order valence-electron chi connectivity index (χ2n) is 5.62. The van der Waals surface area contributed by atoms with Crippen molar-refractivity contribution >= 4 is 23.2 Å². The van der Waals surface area contributed by atoms with Crippen molar-refractivity contribution in [1.82, 2.24) is 5.32 Å². The zero-order valence-electron chi connectivity index (χ0n) is 14.0. The molecule has 6 heteroatoms. The van der Waals surface area contributed by atoms with Crippen molar-refractivity contribution in [3.8, 4) is 16.9 Å². The van der Waals surface area contributed by atoms with E-state index in [0.717, 1.165) is 21.8 Å². The number of amides is 1. The predicted molar refractivity (Wildman–Crippen MR) is 94.8 cm³/mol. The summed E-state index contributed by atoms with van der Waals surface area (Å²) in [4.78, 5) is 24.6. The van der Waals surface area contributed by atoms with Crippen LogP contribution in [0.15, 0.2) is 30.3 Å². The largest absolute Gasteiger partial charge is 0.497 e. The van der Waals surface area contributed by atoms with Crippen LogP contribution < -0.4 is 10.1 Å². The van der Waals surface area contributed by atoms with E-state index in [4.69, 9.17) is 9.84 Å². The summed E-state index contributed by atoms with van der Waals surface area (Å²) in [6.45, 7) is 3.79. The molecule has 0 bridgehead atoms. The average Bonchev–Trinajstić information content (AvgIpc) is 2.95. The molecule has 0 spiro atoms. The Morgan fingerprint density at radius 1 is 1.29 bits per heavy atom. The Bertz CT molecular complexity index is 721. The van der Waals surface area contributed by atoms with Crippen LogP contribution in [0.3, 0.4) is 0 Å². The van der Waals surface area contributed by atoms with Gasteiger partial charge in [0.2, 0.25) is 0 Å². The van der Waals surface area contributed by atoms with E-state index in [9.17, 15) is 9.59 Å². The number of nitrogens with one attached hydrogen (secondary N) is 1. The average molecular weight is 347 g/mol. The van der Waals surface area contributed by atoms with Crippen molar-refractivity contribution in [3.63, 3.8) is 0 Å². The van der Waals surface area contributed by atoms with Crippen LogP contribution in [-0.2, 0) is 4.79 Å². The smallest absolute Gasteiger partial charge is 0.303 e. The number of methoxy groups -OCH3 is 1. The molecule has 1 amide bonds. The van der Waals surface area contributed by atoms with E-state index in [1.807, 2.05) is 44.2 Å². The summed E-state index contributed by atoms with van der Waals surface area (Å²) in [6.07, 6.45) is 0.457. The van der Waals surface area contributed by atoms with Crippen LogP contribution in [0.5, 0.6) is 5.75 Å². The summed E-state index contributed by atoms with van der Waals surface area (Å²) in [5, 5.41) is 11.5. The molecule has 0 saturated carbocycles. The lowest BCUT2D eigenvalue weighted by molar-refractivity contribution is -0.137. The minimum Gasteiger partial charge on any atom is -0.497 e. The monoisotopic (exact) mass is 347 g/mol. The van der Waals surface area contributed by atoms with Crippen molar-refractivity contribution in [2.24, 2.45) is 0 Å². The van der Waals surface area contributed by atoms with Crippen LogP contribution in [0.1, 0.15) is 34.3 Å². The van der Waals surface area contributed by atoms with Crippen LogP contribution in [0.25, 0.3) is 11.1 Å². The first-order valence-electron chi connectivity index (χ1n) is 7.68. The first-order valence-corrected chi connectivity index (χ1v) is 8.50. The van der Waals surface area contributed by atoms with E-state index in [-0.39, 0.29) is 18.4 Å². The molecule has 24 heavy (non-hydrogen) atoms. The van der Waals surface area contributed by atoms with Gasteiger partial charge in [-0.25, -0.2) is 0 Å². The maximum Gasteiger partial charge on any atom is 0.303 e. The van der Waals surface area contributed by atoms with Crippen molar-refractivity contribution in [3.05, 3.63) is 40.1 Å². The molecule has 2 N–H and O–H groups in total. The second-order valence-corrected chi connectivity index (χ2v) is 6.87. The molecule has 0 saturated heterocycles. The summed E-state index contributed by atoms with van der Waals surface area (Å²) in [5.41, 5.74) is 2.05. The number of carbonyl (C=O) groups is 2. The summed E-state index contributed by atoms with van der Waals surface area (Å²) >= 11 is 1.43. The highest BCUT2D eigenvalue weighted by atomic mass is 32.1. The van der Waals surface area contributed by atoms with Gasteiger partial charge in [0, 0.05) is 17.3 Å². The highest BCUT2D eigenvalue weighted by molar-refractivity contribution is 7.14. The molecule has 1 heterocycles. The first-order chi connectivity index (χ1) is 11.4. The van der Waals surface area contributed by atoms with E-state index in [1.54, 1.807) is 7.11 Å². The minimum atomic E-state index is -0.857. The van der Waals surface area contributed by atoms with Gasteiger partial charge in [0.05, 0.1) is 12.0 Å². The molecule has 1 aromatic carbocycles. The Morgan fingerprint density at radius 3 is 2.54 bits per heavy atom. The van der Waals surface area contributed by atoms with Gasteiger partial charge in [0.25, 0.3) is 5.91 Å². The maximum atomic E-state index is 12.3. The number of rotatable bonds is 7. The number of aliphatic carboxylic acids is 1. The van der Waals surface area contributed by atoms with Crippen LogP contribution in [0.2, 0.25) is 0 Å². The standard InChI is InChI=1S/C18H21NO4S/c1-11(4-9-17(20)21)19-18(22)16-10-15(12(2)24-16)13-5-7-14(23-3)8-6-13/h5-8,10-11H,4,9H2,1-3H3,(H,19,22)(H,20,21). The van der Waals surface area contributed by atoms with E-state index < -0.39 is 5.97 Å². The molecular formula is C18H21NO4S. The van der Waals surface area contributed by atoms with Crippen LogP contribution in [-0.4, -0.2) is 30.1 Å². The zero-order chi connectivity index (χ0) is 17.7. The molecule has 1 unspecified atom stereocenters. The van der Waals surface area contributed by atoms with E-state index in [2.05, 4.69) is 5.32 Å². The van der Waals surface area contributed by atoms with Gasteiger partial charge in [-0.15, -0.1) is 11.3 Å². The van der Waals surface area contributed by atoms with Crippen LogP contribution in [0, 0.1) is 6.92 Å². The number of hydrogen-bond acceptors (Lipinski definition) is 4.